The van der Waals surface area contributed by atoms with Crippen LogP contribution in [0.15, 0.2) is 45.7 Å². The number of aromatic nitrogens is 2. The van der Waals surface area contributed by atoms with Crippen molar-refractivity contribution in [2.45, 2.75) is 12.5 Å². The van der Waals surface area contributed by atoms with Crippen molar-refractivity contribution in [3.05, 3.63) is 68.3 Å². The molecule has 3 aromatic rings. The summed E-state index contributed by atoms with van der Waals surface area (Å²) in [7, 11) is 0. The van der Waals surface area contributed by atoms with Gasteiger partial charge in [0.25, 0.3) is 0 Å². The molecule has 3 rings (SSSR count). The van der Waals surface area contributed by atoms with E-state index in [1.54, 1.807) is 12.1 Å². The monoisotopic (exact) mass is 349 g/mol. The predicted molar refractivity (Wildman–Crippen MR) is 83.7 cm³/mol. The van der Waals surface area contributed by atoms with E-state index in [4.69, 9.17) is 5.73 Å². The van der Waals surface area contributed by atoms with Crippen LogP contribution in [0.4, 0.5) is 4.39 Å². The van der Waals surface area contributed by atoms with Crippen LogP contribution < -0.4 is 11.4 Å². The molecule has 1 unspecified atom stereocenters. The second kappa shape index (κ2) is 5.46. The van der Waals surface area contributed by atoms with Crippen molar-refractivity contribution in [1.82, 2.24) is 9.97 Å². The first kappa shape index (κ1) is 14.0. The summed E-state index contributed by atoms with van der Waals surface area (Å²) in [6.07, 6.45) is 0.582. The van der Waals surface area contributed by atoms with E-state index >= 15 is 0 Å². The van der Waals surface area contributed by atoms with E-state index in [-0.39, 0.29) is 17.5 Å². The summed E-state index contributed by atoms with van der Waals surface area (Å²) >= 11 is 3.48. The SMILES string of the molecule is NC(Cc1ccc(F)cc1)c1cc2[nH]c(=O)[nH]c2cc1Br. The molecule has 4 nitrogen and oxygen atoms in total. The number of hydrogen-bond donors (Lipinski definition) is 3. The molecule has 0 radical (unpaired) electrons. The lowest BCUT2D eigenvalue weighted by molar-refractivity contribution is 0.625. The van der Waals surface area contributed by atoms with Gasteiger partial charge in [-0.05, 0) is 41.8 Å². The highest BCUT2D eigenvalue weighted by molar-refractivity contribution is 9.10. The van der Waals surface area contributed by atoms with Gasteiger partial charge in [-0.2, -0.15) is 0 Å². The van der Waals surface area contributed by atoms with E-state index in [0.717, 1.165) is 21.1 Å². The summed E-state index contributed by atoms with van der Waals surface area (Å²) in [5, 5.41) is 0. The molecule has 0 aliphatic carbocycles. The number of H-pyrrole nitrogens is 2. The second-order valence-electron chi connectivity index (χ2n) is 4.94. The van der Waals surface area contributed by atoms with Crippen molar-refractivity contribution in [3.8, 4) is 0 Å². The highest BCUT2D eigenvalue weighted by atomic mass is 79.9. The molecule has 108 valence electrons. The molecule has 0 spiro atoms. The maximum Gasteiger partial charge on any atom is 0.323 e. The van der Waals surface area contributed by atoms with Crippen molar-refractivity contribution in [2.75, 3.05) is 0 Å². The van der Waals surface area contributed by atoms with Crippen LogP contribution in [0.1, 0.15) is 17.2 Å². The normalized spacial score (nSPS) is 12.7. The second-order valence-corrected chi connectivity index (χ2v) is 5.79. The average molecular weight is 350 g/mol. The third-order valence-electron chi connectivity index (χ3n) is 3.40. The Labute approximate surface area is 128 Å². The van der Waals surface area contributed by atoms with Gasteiger partial charge in [-0.1, -0.05) is 28.1 Å². The summed E-state index contributed by atoms with van der Waals surface area (Å²) in [6.45, 7) is 0. The third kappa shape index (κ3) is 2.91. The fourth-order valence-corrected chi connectivity index (χ4v) is 2.98. The summed E-state index contributed by atoms with van der Waals surface area (Å²) in [5.41, 5.74) is 9.28. The van der Waals surface area contributed by atoms with Crippen LogP contribution in [0.5, 0.6) is 0 Å². The Morgan fingerprint density at radius 1 is 1.14 bits per heavy atom. The van der Waals surface area contributed by atoms with Gasteiger partial charge in [-0.25, -0.2) is 9.18 Å². The topological polar surface area (TPSA) is 74.7 Å². The molecule has 21 heavy (non-hydrogen) atoms. The molecular weight excluding hydrogens is 337 g/mol. The highest BCUT2D eigenvalue weighted by Gasteiger charge is 2.13. The lowest BCUT2D eigenvalue weighted by atomic mass is 9.99. The minimum Gasteiger partial charge on any atom is -0.324 e. The number of benzene rings is 2. The van der Waals surface area contributed by atoms with Gasteiger partial charge >= 0.3 is 5.69 Å². The standard InChI is InChI=1S/C15H13BrFN3O/c16-11-7-14-13(19-15(21)20-14)6-10(11)12(18)5-8-1-3-9(17)4-2-8/h1-4,6-7,12H,5,18H2,(H2,19,20,21). The van der Waals surface area contributed by atoms with E-state index < -0.39 is 0 Å². The molecule has 0 amide bonds. The first-order valence-corrected chi connectivity index (χ1v) is 7.23. The Morgan fingerprint density at radius 2 is 1.76 bits per heavy atom. The molecule has 2 aromatic carbocycles. The summed E-state index contributed by atoms with van der Waals surface area (Å²) < 4.78 is 13.7. The number of rotatable bonds is 3. The molecule has 1 atom stereocenters. The van der Waals surface area contributed by atoms with Crippen LogP contribution >= 0.6 is 15.9 Å². The molecule has 0 saturated heterocycles. The van der Waals surface area contributed by atoms with Crippen LogP contribution in [0.25, 0.3) is 11.0 Å². The van der Waals surface area contributed by atoms with E-state index in [0.29, 0.717) is 11.9 Å². The number of nitrogens with one attached hydrogen (secondary N) is 2. The zero-order valence-electron chi connectivity index (χ0n) is 11.0. The largest absolute Gasteiger partial charge is 0.324 e. The van der Waals surface area contributed by atoms with Crippen molar-refractivity contribution < 1.29 is 4.39 Å². The van der Waals surface area contributed by atoms with Crippen molar-refractivity contribution in [3.63, 3.8) is 0 Å². The molecule has 4 N–H and O–H groups in total. The quantitative estimate of drug-likeness (QED) is 0.679. The zero-order chi connectivity index (χ0) is 15.0. The van der Waals surface area contributed by atoms with E-state index in [1.807, 2.05) is 12.1 Å². The molecule has 1 heterocycles. The maximum absolute atomic E-state index is 12.9. The Bertz CT molecular complexity index is 838. The summed E-state index contributed by atoms with van der Waals surface area (Å²) in [5.74, 6) is -0.264. The van der Waals surface area contributed by atoms with Gasteiger partial charge in [0.05, 0.1) is 11.0 Å². The number of aromatic amines is 2. The Kier molecular flexibility index (Phi) is 3.65. The number of fused-ring (bicyclic) bond motifs is 1. The molecule has 6 heteroatoms. The number of nitrogens with two attached hydrogens (primary N) is 1. The lowest BCUT2D eigenvalue weighted by Crippen LogP contribution is -2.14. The smallest absolute Gasteiger partial charge is 0.323 e. The van der Waals surface area contributed by atoms with E-state index in [1.165, 1.54) is 12.1 Å². The number of hydrogen-bond acceptors (Lipinski definition) is 2. The summed E-state index contributed by atoms with van der Waals surface area (Å²) in [4.78, 5) is 16.7. The molecular formula is C15H13BrFN3O. The van der Waals surface area contributed by atoms with E-state index in [2.05, 4.69) is 25.9 Å². The molecule has 0 aliphatic rings. The maximum atomic E-state index is 12.9. The van der Waals surface area contributed by atoms with Gasteiger partial charge in [0.1, 0.15) is 5.82 Å². The molecule has 0 bridgehead atoms. The Morgan fingerprint density at radius 3 is 2.43 bits per heavy atom. The Hall–Kier alpha value is -1.92. The molecule has 1 aromatic heterocycles. The third-order valence-corrected chi connectivity index (χ3v) is 4.09. The van der Waals surface area contributed by atoms with Crippen molar-refractivity contribution in [2.24, 2.45) is 5.73 Å². The lowest BCUT2D eigenvalue weighted by Gasteiger charge is -2.14. The van der Waals surface area contributed by atoms with Crippen LogP contribution in [0, 0.1) is 5.82 Å². The van der Waals surface area contributed by atoms with Crippen LogP contribution in [-0.4, -0.2) is 9.97 Å². The minimum atomic E-state index is -0.264. The minimum absolute atomic E-state index is 0.249. The zero-order valence-corrected chi connectivity index (χ0v) is 12.6. The van der Waals surface area contributed by atoms with Gasteiger partial charge in [0.2, 0.25) is 0 Å². The number of halogens is 2. The highest BCUT2D eigenvalue weighted by Crippen LogP contribution is 2.28. The van der Waals surface area contributed by atoms with Crippen LogP contribution in [-0.2, 0) is 6.42 Å². The average Bonchev–Trinajstić information content (AvgIpc) is 2.79. The van der Waals surface area contributed by atoms with Crippen molar-refractivity contribution >= 4 is 27.0 Å². The first-order chi connectivity index (χ1) is 10.0. The molecule has 0 fully saturated rings. The van der Waals surface area contributed by atoms with Gasteiger partial charge in [-0.3, -0.25) is 0 Å². The fourth-order valence-electron chi connectivity index (χ4n) is 2.34. The van der Waals surface area contributed by atoms with Crippen molar-refractivity contribution in [1.29, 1.82) is 0 Å². The van der Waals surface area contributed by atoms with E-state index in [9.17, 15) is 9.18 Å². The van der Waals surface area contributed by atoms with Gasteiger partial charge in [0.15, 0.2) is 0 Å². The number of imidazole rings is 1. The Balaban J connectivity index is 1.93. The fraction of sp³-hybridized carbons (Fsp3) is 0.133. The predicted octanol–water partition coefficient (Wildman–Crippen LogP) is 3.00. The first-order valence-electron chi connectivity index (χ1n) is 6.44. The molecule has 0 saturated carbocycles. The van der Waals surface area contributed by atoms with Gasteiger partial charge in [-0.15, -0.1) is 0 Å². The summed E-state index contributed by atoms with van der Waals surface area (Å²) in [6, 6.07) is 9.71. The van der Waals surface area contributed by atoms with Gasteiger partial charge < -0.3 is 15.7 Å². The van der Waals surface area contributed by atoms with Crippen LogP contribution in [0.3, 0.4) is 0 Å². The van der Waals surface area contributed by atoms with Crippen LogP contribution in [0.2, 0.25) is 0 Å². The molecule has 0 aliphatic heterocycles. The van der Waals surface area contributed by atoms with Gasteiger partial charge in [0, 0.05) is 10.5 Å².